The summed E-state index contributed by atoms with van der Waals surface area (Å²) < 4.78 is 0. The van der Waals surface area contributed by atoms with E-state index in [4.69, 9.17) is 0 Å². The van der Waals surface area contributed by atoms with Crippen molar-refractivity contribution in [3.63, 3.8) is 0 Å². The van der Waals surface area contributed by atoms with Gasteiger partial charge in [-0.15, -0.1) is 48.0 Å². The van der Waals surface area contributed by atoms with E-state index >= 15 is 0 Å². The summed E-state index contributed by atoms with van der Waals surface area (Å²) in [6, 6.07) is 0. The van der Waals surface area contributed by atoms with Crippen molar-refractivity contribution in [2.75, 3.05) is 12.3 Å². The van der Waals surface area contributed by atoms with Gasteiger partial charge in [-0.2, -0.15) is 0 Å². The highest BCUT2D eigenvalue weighted by Gasteiger charge is 2.00. The Hall–Kier alpha value is 1.85. The molecule has 0 fully saturated rings. The summed E-state index contributed by atoms with van der Waals surface area (Å²) in [4.78, 5) is 9.38. The lowest BCUT2D eigenvalue weighted by atomic mass is 10.4. The summed E-state index contributed by atoms with van der Waals surface area (Å²) in [6.07, 6.45) is 6.95. The summed E-state index contributed by atoms with van der Waals surface area (Å²) in [6.45, 7) is 4.34. The van der Waals surface area contributed by atoms with Crippen LogP contribution in [0.1, 0.15) is 39.5 Å². The van der Waals surface area contributed by atoms with Crippen molar-refractivity contribution >= 4 is 56.1 Å². The molecule has 0 aliphatic carbocycles. The molecule has 12 heavy (non-hydrogen) atoms. The number of hydrogen-bond donors (Lipinski definition) is 1. The van der Waals surface area contributed by atoms with Crippen LogP contribution in [0.15, 0.2) is 0 Å². The van der Waals surface area contributed by atoms with Gasteiger partial charge >= 0.3 is 0 Å². The normalized spacial score (nSPS) is 9.00. The van der Waals surface area contributed by atoms with Crippen molar-refractivity contribution in [2.24, 2.45) is 0 Å². The van der Waals surface area contributed by atoms with Crippen molar-refractivity contribution in [3.8, 4) is 0 Å². The summed E-state index contributed by atoms with van der Waals surface area (Å²) in [5.74, 6) is 0. The Labute approximate surface area is 112 Å². The lowest BCUT2D eigenvalue weighted by molar-refractivity contribution is 0.613. The molecule has 0 bridgehead atoms. The van der Waals surface area contributed by atoms with Gasteiger partial charge in [0.15, 0.2) is 0 Å². The van der Waals surface area contributed by atoms with Crippen LogP contribution in [0.4, 0.5) is 0 Å². The SMILES string of the molecule is CCCCP(O)CCCC.I.I. The third-order valence-corrected chi connectivity index (χ3v) is 3.20. The zero-order valence-electron chi connectivity index (χ0n) is 7.95. The van der Waals surface area contributed by atoms with Gasteiger partial charge in [-0.1, -0.05) is 26.7 Å². The smallest absolute Gasteiger partial charge is 0.0251 e. The van der Waals surface area contributed by atoms with E-state index in [-0.39, 0.29) is 48.0 Å². The molecule has 78 valence electrons. The van der Waals surface area contributed by atoms with Crippen LogP contribution in [-0.4, -0.2) is 17.2 Å². The molecule has 0 atom stereocenters. The van der Waals surface area contributed by atoms with E-state index in [9.17, 15) is 4.89 Å². The molecule has 0 saturated carbocycles. The maximum atomic E-state index is 9.38. The third kappa shape index (κ3) is 14.4. The minimum Gasteiger partial charge on any atom is -0.374 e. The van der Waals surface area contributed by atoms with Gasteiger partial charge in [0.2, 0.25) is 0 Å². The Morgan fingerprint density at radius 1 is 0.917 bits per heavy atom. The molecule has 0 aliphatic rings. The predicted octanol–water partition coefficient (Wildman–Crippen LogP) is 4.21. The zero-order chi connectivity index (χ0) is 7.82. The molecule has 0 amide bonds. The third-order valence-electron chi connectivity index (χ3n) is 1.54. The van der Waals surface area contributed by atoms with E-state index in [1.54, 1.807) is 0 Å². The number of halogens is 2. The number of rotatable bonds is 6. The molecular formula is C8H21I2OP. The molecule has 1 N–H and O–H groups in total. The molecule has 4 heteroatoms. The fraction of sp³-hybridized carbons (Fsp3) is 1.00. The van der Waals surface area contributed by atoms with Crippen LogP contribution < -0.4 is 0 Å². The van der Waals surface area contributed by atoms with Gasteiger partial charge in [-0.05, 0) is 25.2 Å². The molecule has 0 radical (unpaired) electrons. The first-order valence-electron chi connectivity index (χ1n) is 4.25. The zero-order valence-corrected chi connectivity index (χ0v) is 13.5. The van der Waals surface area contributed by atoms with Crippen molar-refractivity contribution in [3.05, 3.63) is 0 Å². The van der Waals surface area contributed by atoms with Crippen LogP contribution in [0.2, 0.25) is 0 Å². The first kappa shape index (κ1) is 19.4. The van der Waals surface area contributed by atoms with Crippen LogP contribution in [0.5, 0.6) is 0 Å². The van der Waals surface area contributed by atoms with Gasteiger partial charge < -0.3 is 4.89 Å². The summed E-state index contributed by atoms with van der Waals surface area (Å²) >= 11 is 0. The first-order chi connectivity index (χ1) is 4.81. The van der Waals surface area contributed by atoms with Gasteiger partial charge in [0.05, 0.1) is 0 Å². The standard InChI is InChI=1S/C8H19OP.2HI/c1-3-5-7-10(9)8-6-4-2;;/h9H,3-8H2,1-2H3;2*1H. The second-order valence-corrected chi connectivity index (χ2v) is 4.57. The molecule has 0 aliphatic heterocycles. The van der Waals surface area contributed by atoms with E-state index in [1.807, 2.05) is 0 Å². The first-order valence-corrected chi connectivity index (χ1v) is 5.91. The number of hydrogen-bond acceptors (Lipinski definition) is 1. The van der Waals surface area contributed by atoms with E-state index < -0.39 is 8.15 Å². The maximum absolute atomic E-state index is 9.38. The van der Waals surface area contributed by atoms with E-state index in [0.717, 1.165) is 12.3 Å². The topological polar surface area (TPSA) is 20.2 Å². The van der Waals surface area contributed by atoms with Gasteiger partial charge in [-0.25, -0.2) is 0 Å². The largest absolute Gasteiger partial charge is 0.374 e. The monoisotopic (exact) mass is 418 g/mol. The summed E-state index contributed by atoms with van der Waals surface area (Å²) in [7, 11) is -0.592. The van der Waals surface area contributed by atoms with Crippen LogP contribution in [-0.2, 0) is 0 Å². The molecule has 0 unspecified atom stereocenters. The fourth-order valence-electron chi connectivity index (χ4n) is 0.793. The van der Waals surface area contributed by atoms with E-state index in [2.05, 4.69) is 13.8 Å². The molecule has 0 aromatic heterocycles. The van der Waals surface area contributed by atoms with Gasteiger partial charge in [0.1, 0.15) is 0 Å². The second-order valence-electron chi connectivity index (χ2n) is 2.66. The molecule has 0 rings (SSSR count). The average molecular weight is 418 g/mol. The molecular weight excluding hydrogens is 397 g/mol. The maximum Gasteiger partial charge on any atom is 0.0251 e. The van der Waals surface area contributed by atoms with Crippen LogP contribution in [0, 0.1) is 0 Å². The highest BCUT2D eigenvalue weighted by atomic mass is 127. The van der Waals surface area contributed by atoms with Crippen molar-refractivity contribution in [2.45, 2.75) is 39.5 Å². The summed E-state index contributed by atoms with van der Waals surface area (Å²) in [5, 5.41) is 0. The Morgan fingerprint density at radius 3 is 1.50 bits per heavy atom. The molecule has 0 heterocycles. The van der Waals surface area contributed by atoms with E-state index in [1.165, 1.54) is 25.7 Å². The second kappa shape index (κ2) is 15.3. The Kier molecular flexibility index (Phi) is 24.8. The lowest BCUT2D eigenvalue weighted by Gasteiger charge is -2.07. The molecule has 0 saturated heterocycles. The molecule has 0 spiro atoms. The predicted molar refractivity (Wildman–Crippen MR) is 79.5 cm³/mol. The highest BCUT2D eigenvalue weighted by molar-refractivity contribution is 14.0. The highest BCUT2D eigenvalue weighted by Crippen LogP contribution is 2.31. The minimum absolute atomic E-state index is 0. The van der Waals surface area contributed by atoms with Gasteiger partial charge in [0.25, 0.3) is 0 Å². The minimum atomic E-state index is -0.592. The average Bonchev–Trinajstić information content (AvgIpc) is 1.97. The van der Waals surface area contributed by atoms with Crippen molar-refractivity contribution in [1.29, 1.82) is 0 Å². The van der Waals surface area contributed by atoms with Crippen LogP contribution in [0.25, 0.3) is 0 Å². The lowest BCUT2D eigenvalue weighted by Crippen LogP contribution is -1.88. The van der Waals surface area contributed by atoms with Crippen molar-refractivity contribution < 1.29 is 4.89 Å². The Bertz CT molecular complexity index is 66.1. The summed E-state index contributed by atoms with van der Waals surface area (Å²) in [5.41, 5.74) is 0. The Morgan fingerprint density at radius 2 is 1.25 bits per heavy atom. The Balaban J connectivity index is -0.000000405. The molecule has 0 aromatic carbocycles. The van der Waals surface area contributed by atoms with Crippen LogP contribution >= 0.6 is 56.1 Å². The van der Waals surface area contributed by atoms with Crippen LogP contribution in [0.3, 0.4) is 0 Å². The fourth-order valence-corrected chi connectivity index (χ4v) is 2.38. The van der Waals surface area contributed by atoms with Gasteiger partial charge in [0, 0.05) is 8.15 Å². The quantitative estimate of drug-likeness (QED) is 0.507. The van der Waals surface area contributed by atoms with E-state index in [0.29, 0.717) is 0 Å². The van der Waals surface area contributed by atoms with Gasteiger partial charge in [-0.3, -0.25) is 0 Å². The molecule has 1 nitrogen and oxygen atoms in total. The molecule has 0 aromatic rings. The van der Waals surface area contributed by atoms with Crippen molar-refractivity contribution in [1.82, 2.24) is 0 Å². The number of unbranched alkanes of at least 4 members (excludes halogenated alkanes) is 2.